The number of hydrogen-bond acceptors (Lipinski definition) is 1. The van der Waals surface area contributed by atoms with Crippen LogP contribution in [0.2, 0.25) is 0 Å². The van der Waals surface area contributed by atoms with Crippen molar-refractivity contribution in [3.63, 3.8) is 0 Å². The minimum Gasteiger partial charge on any atom is -0.277 e. The van der Waals surface area contributed by atoms with Gasteiger partial charge in [0.05, 0.1) is 5.52 Å². The second-order valence-corrected chi connectivity index (χ2v) is 3.04. The molecular weight excluding hydrogens is 160 g/mol. The number of aromatic amines is 1. The largest absolute Gasteiger partial charge is 0.277 e. The fourth-order valence-corrected chi connectivity index (χ4v) is 1.63. The van der Waals surface area contributed by atoms with Crippen LogP contribution in [0.25, 0.3) is 21.7 Å². The highest BCUT2D eigenvalue weighted by Gasteiger charge is 2.00. The highest BCUT2D eigenvalue weighted by Crippen LogP contribution is 2.22. The summed E-state index contributed by atoms with van der Waals surface area (Å²) in [6.45, 7) is 0. The molecule has 2 nitrogen and oxygen atoms in total. The van der Waals surface area contributed by atoms with E-state index < -0.39 is 0 Å². The summed E-state index contributed by atoms with van der Waals surface area (Å²) in [7, 11) is 0. The third-order valence-corrected chi connectivity index (χ3v) is 2.27. The molecule has 13 heavy (non-hydrogen) atoms. The third-order valence-electron chi connectivity index (χ3n) is 2.27. The minimum absolute atomic E-state index is 1.04. The van der Waals surface area contributed by atoms with Crippen LogP contribution in [0.5, 0.6) is 0 Å². The lowest BCUT2D eigenvalue weighted by molar-refractivity contribution is 1.11. The number of H-pyrrole nitrogens is 1. The third kappa shape index (κ3) is 0.855. The van der Waals surface area contributed by atoms with Gasteiger partial charge >= 0.3 is 0 Å². The van der Waals surface area contributed by atoms with Gasteiger partial charge in [0, 0.05) is 10.8 Å². The molecule has 2 heteroatoms. The van der Waals surface area contributed by atoms with Crippen LogP contribution in [-0.4, -0.2) is 10.2 Å². The van der Waals surface area contributed by atoms with Gasteiger partial charge in [-0.1, -0.05) is 30.3 Å². The first-order valence-corrected chi connectivity index (χ1v) is 4.19. The number of nitrogens with one attached hydrogen (secondary N) is 1. The highest BCUT2D eigenvalue weighted by molar-refractivity contribution is 6.04. The Hall–Kier alpha value is -1.83. The SMILES string of the molecule is [c]1n[nH]c2c1ccc1ccccc12. The molecule has 1 radical (unpaired) electrons. The lowest BCUT2D eigenvalue weighted by Gasteiger charge is -1.96. The summed E-state index contributed by atoms with van der Waals surface area (Å²) < 4.78 is 0. The van der Waals surface area contributed by atoms with Crippen molar-refractivity contribution in [1.29, 1.82) is 0 Å². The molecule has 0 aliphatic heterocycles. The van der Waals surface area contributed by atoms with E-state index in [1.54, 1.807) is 0 Å². The number of fused-ring (bicyclic) bond motifs is 3. The van der Waals surface area contributed by atoms with Crippen molar-refractivity contribution >= 4 is 21.7 Å². The van der Waals surface area contributed by atoms with Gasteiger partial charge in [-0.05, 0) is 11.5 Å². The molecule has 0 aliphatic carbocycles. The van der Waals surface area contributed by atoms with E-state index >= 15 is 0 Å². The first-order chi connectivity index (χ1) is 6.45. The maximum absolute atomic E-state index is 3.90. The zero-order valence-electron chi connectivity index (χ0n) is 6.91. The molecule has 1 aromatic heterocycles. The Morgan fingerprint density at radius 1 is 1.08 bits per heavy atom. The van der Waals surface area contributed by atoms with Crippen LogP contribution in [0.1, 0.15) is 0 Å². The van der Waals surface area contributed by atoms with Crippen LogP contribution in [-0.2, 0) is 0 Å². The van der Waals surface area contributed by atoms with Crippen LogP contribution >= 0.6 is 0 Å². The first kappa shape index (κ1) is 6.66. The Labute approximate surface area is 75.2 Å². The summed E-state index contributed by atoms with van der Waals surface area (Å²) in [6, 6.07) is 12.4. The van der Waals surface area contributed by atoms with Crippen molar-refractivity contribution in [1.82, 2.24) is 10.2 Å². The molecule has 0 aliphatic rings. The summed E-state index contributed by atoms with van der Waals surface area (Å²) in [6.07, 6.45) is 2.91. The lowest BCUT2D eigenvalue weighted by atomic mass is 10.1. The molecule has 3 aromatic rings. The zero-order chi connectivity index (χ0) is 8.67. The Balaban J connectivity index is 2.65. The van der Waals surface area contributed by atoms with Crippen molar-refractivity contribution in [3.05, 3.63) is 42.6 Å². The Kier molecular flexibility index (Phi) is 1.19. The van der Waals surface area contributed by atoms with Gasteiger partial charge in [0.25, 0.3) is 0 Å². The minimum atomic E-state index is 1.04. The fraction of sp³-hybridized carbons (Fsp3) is 0. The average molecular weight is 167 g/mol. The molecule has 3 rings (SSSR count). The van der Waals surface area contributed by atoms with Gasteiger partial charge in [0.15, 0.2) is 0 Å². The summed E-state index contributed by atoms with van der Waals surface area (Å²) in [5.41, 5.74) is 1.07. The first-order valence-electron chi connectivity index (χ1n) is 4.19. The van der Waals surface area contributed by atoms with Crippen molar-refractivity contribution in [3.8, 4) is 0 Å². The Bertz CT molecular complexity index is 566. The average Bonchev–Trinajstić information content (AvgIpc) is 2.65. The predicted molar refractivity (Wildman–Crippen MR) is 52.4 cm³/mol. The van der Waals surface area contributed by atoms with Gasteiger partial charge in [-0.3, -0.25) is 5.10 Å². The van der Waals surface area contributed by atoms with Crippen LogP contribution in [0.3, 0.4) is 0 Å². The smallest absolute Gasteiger partial charge is 0.121 e. The number of hydrogen-bond donors (Lipinski definition) is 1. The monoisotopic (exact) mass is 167 g/mol. The van der Waals surface area contributed by atoms with Crippen molar-refractivity contribution < 1.29 is 0 Å². The van der Waals surface area contributed by atoms with Gasteiger partial charge in [-0.25, -0.2) is 0 Å². The second kappa shape index (κ2) is 2.33. The quantitative estimate of drug-likeness (QED) is 0.547. The number of aromatic nitrogens is 2. The fourth-order valence-electron chi connectivity index (χ4n) is 1.63. The topological polar surface area (TPSA) is 28.7 Å². The van der Waals surface area contributed by atoms with E-state index in [0.29, 0.717) is 0 Å². The molecular formula is C11H7N2. The van der Waals surface area contributed by atoms with E-state index in [9.17, 15) is 0 Å². The second-order valence-electron chi connectivity index (χ2n) is 3.04. The molecule has 0 spiro atoms. The molecule has 0 saturated carbocycles. The van der Waals surface area contributed by atoms with Gasteiger partial charge in [0.2, 0.25) is 0 Å². The number of benzene rings is 2. The summed E-state index contributed by atoms with van der Waals surface area (Å²) >= 11 is 0. The zero-order valence-corrected chi connectivity index (χ0v) is 6.91. The van der Waals surface area contributed by atoms with E-state index in [2.05, 4.69) is 34.6 Å². The molecule has 0 saturated heterocycles. The van der Waals surface area contributed by atoms with Crippen LogP contribution < -0.4 is 0 Å². The van der Waals surface area contributed by atoms with Gasteiger partial charge in [-0.15, -0.1) is 0 Å². The maximum atomic E-state index is 3.90. The number of rotatable bonds is 0. The molecule has 61 valence electrons. The molecule has 0 amide bonds. The van der Waals surface area contributed by atoms with E-state index in [0.717, 1.165) is 10.9 Å². The summed E-state index contributed by atoms with van der Waals surface area (Å²) in [5, 5.41) is 10.3. The molecule has 0 unspecified atom stereocenters. The van der Waals surface area contributed by atoms with Crippen LogP contribution in [0.4, 0.5) is 0 Å². The molecule has 0 atom stereocenters. The molecule has 0 bridgehead atoms. The van der Waals surface area contributed by atoms with E-state index in [-0.39, 0.29) is 0 Å². The summed E-state index contributed by atoms with van der Waals surface area (Å²) in [4.78, 5) is 0. The lowest BCUT2D eigenvalue weighted by Crippen LogP contribution is -1.74. The Morgan fingerprint density at radius 3 is 3.00 bits per heavy atom. The number of nitrogens with zero attached hydrogens (tertiary/aromatic N) is 1. The maximum Gasteiger partial charge on any atom is 0.121 e. The summed E-state index contributed by atoms with van der Waals surface area (Å²) in [5.74, 6) is 0. The van der Waals surface area contributed by atoms with Crippen molar-refractivity contribution in [2.75, 3.05) is 0 Å². The van der Waals surface area contributed by atoms with Crippen LogP contribution in [0.15, 0.2) is 36.4 Å². The predicted octanol–water partition coefficient (Wildman–Crippen LogP) is 2.52. The van der Waals surface area contributed by atoms with Gasteiger partial charge in [0.1, 0.15) is 6.20 Å². The van der Waals surface area contributed by atoms with E-state index in [1.807, 2.05) is 18.2 Å². The molecule has 0 fully saturated rings. The van der Waals surface area contributed by atoms with Gasteiger partial charge < -0.3 is 0 Å². The van der Waals surface area contributed by atoms with E-state index in [1.165, 1.54) is 10.8 Å². The Morgan fingerprint density at radius 2 is 2.00 bits per heavy atom. The molecule has 1 N–H and O–H groups in total. The standard InChI is InChI=1S/C11H7N2/c1-2-4-10-8(3-1)5-6-9-7-12-13-11(9)10/h1-6H,(H,12,13). The normalized spacial score (nSPS) is 11.1. The molecule has 1 heterocycles. The van der Waals surface area contributed by atoms with Crippen molar-refractivity contribution in [2.24, 2.45) is 0 Å². The van der Waals surface area contributed by atoms with Gasteiger partial charge in [-0.2, -0.15) is 5.10 Å². The van der Waals surface area contributed by atoms with E-state index in [4.69, 9.17) is 0 Å². The molecule has 2 aromatic carbocycles. The van der Waals surface area contributed by atoms with Crippen LogP contribution in [0, 0.1) is 6.20 Å². The highest BCUT2D eigenvalue weighted by atomic mass is 15.1. The van der Waals surface area contributed by atoms with Crippen molar-refractivity contribution in [2.45, 2.75) is 0 Å².